The Morgan fingerprint density at radius 1 is 1.25 bits per heavy atom. The Bertz CT molecular complexity index is 910. The predicted octanol–water partition coefficient (Wildman–Crippen LogP) is 2.48. The number of nitrogens with one attached hydrogen (secondary N) is 2. The fraction of sp³-hybridized carbons (Fsp3) is 0.333. The maximum atomic E-state index is 12.7. The lowest BCUT2D eigenvalue weighted by molar-refractivity contribution is -0.123. The third-order valence-electron chi connectivity index (χ3n) is 4.46. The second-order valence-corrected chi connectivity index (χ2v) is 7.98. The van der Waals surface area contributed by atoms with Crippen molar-refractivity contribution in [1.29, 1.82) is 0 Å². The van der Waals surface area contributed by atoms with E-state index in [0.717, 1.165) is 27.9 Å². The van der Waals surface area contributed by atoms with Gasteiger partial charge >= 0.3 is 0 Å². The van der Waals surface area contributed by atoms with Gasteiger partial charge in [0.05, 0.1) is 11.7 Å². The van der Waals surface area contributed by atoms with Crippen LogP contribution in [0.4, 0.5) is 0 Å². The molecule has 6 nitrogen and oxygen atoms in total. The summed E-state index contributed by atoms with van der Waals surface area (Å²) in [5, 5.41) is 6.41. The topological polar surface area (TPSA) is 61.7 Å². The molecule has 0 spiro atoms. The fourth-order valence-corrected chi connectivity index (χ4v) is 3.28. The summed E-state index contributed by atoms with van der Waals surface area (Å²) in [6, 6.07) is 13.7. The van der Waals surface area contributed by atoms with Crippen molar-refractivity contribution in [2.24, 2.45) is 0 Å². The molecule has 148 valence electrons. The molecular weight excluding hydrogens is 418 g/mol. The van der Waals surface area contributed by atoms with Crippen LogP contribution in [0, 0.1) is 0 Å². The monoisotopic (exact) mass is 443 g/mol. The number of rotatable bonds is 9. The summed E-state index contributed by atoms with van der Waals surface area (Å²) >= 11 is 3.47. The first-order valence-corrected chi connectivity index (χ1v) is 10.1. The zero-order valence-corrected chi connectivity index (χ0v) is 17.8. The van der Waals surface area contributed by atoms with Crippen molar-refractivity contribution in [3.8, 4) is 0 Å². The summed E-state index contributed by atoms with van der Waals surface area (Å²) in [5.41, 5.74) is 2.90. The molecule has 0 aliphatic heterocycles. The number of fused-ring (bicyclic) bond motifs is 1. The van der Waals surface area contributed by atoms with E-state index in [-0.39, 0.29) is 11.9 Å². The number of likely N-dealkylation sites (N-methyl/N-ethyl adjacent to an activating group) is 1. The Labute approximate surface area is 174 Å². The highest BCUT2D eigenvalue weighted by molar-refractivity contribution is 9.10. The fourth-order valence-electron chi connectivity index (χ4n) is 2.96. The largest absolute Gasteiger partial charge is 0.353 e. The van der Waals surface area contributed by atoms with Gasteiger partial charge in [-0.1, -0.05) is 46.3 Å². The van der Waals surface area contributed by atoms with Crippen LogP contribution < -0.4 is 10.6 Å². The molecule has 0 unspecified atom stereocenters. The van der Waals surface area contributed by atoms with Crippen LogP contribution in [-0.4, -0.2) is 53.4 Å². The molecule has 0 saturated carbocycles. The normalized spacial score (nSPS) is 12.4. The van der Waals surface area contributed by atoms with Gasteiger partial charge in [0.1, 0.15) is 5.65 Å². The van der Waals surface area contributed by atoms with E-state index < -0.39 is 0 Å². The summed E-state index contributed by atoms with van der Waals surface area (Å²) in [6.07, 6.45) is 4.58. The Hall–Kier alpha value is -2.22. The van der Waals surface area contributed by atoms with Crippen molar-refractivity contribution in [3.05, 3.63) is 70.6 Å². The molecule has 2 heterocycles. The first-order valence-electron chi connectivity index (χ1n) is 9.34. The highest BCUT2D eigenvalue weighted by Gasteiger charge is 2.19. The van der Waals surface area contributed by atoms with Crippen LogP contribution in [0.25, 0.3) is 5.65 Å². The number of aromatic nitrogens is 2. The number of carbonyl (C=O) groups excluding carboxylic acids is 1. The zero-order valence-electron chi connectivity index (χ0n) is 16.2. The van der Waals surface area contributed by atoms with Gasteiger partial charge in [-0.05, 0) is 38.2 Å². The average Bonchev–Trinajstić information content (AvgIpc) is 3.07. The molecule has 1 amide bonds. The smallest absolute Gasteiger partial charge is 0.237 e. The van der Waals surface area contributed by atoms with Gasteiger partial charge in [0, 0.05) is 36.5 Å². The minimum Gasteiger partial charge on any atom is -0.353 e. The molecule has 0 bridgehead atoms. The number of imidazole rings is 1. The summed E-state index contributed by atoms with van der Waals surface area (Å²) in [6.45, 7) is 1.96. The predicted molar refractivity (Wildman–Crippen MR) is 115 cm³/mol. The SMILES string of the molecule is CN(C)CCNC(=O)[C@H](Cc1ccccc1)NCc1cn2ccc(Br)cc2n1. The second kappa shape index (κ2) is 9.82. The van der Waals surface area contributed by atoms with Crippen molar-refractivity contribution < 1.29 is 4.79 Å². The molecular formula is C21H26BrN5O. The van der Waals surface area contributed by atoms with E-state index in [2.05, 4.69) is 36.4 Å². The van der Waals surface area contributed by atoms with E-state index in [1.165, 1.54) is 0 Å². The maximum absolute atomic E-state index is 12.7. The van der Waals surface area contributed by atoms with Crippen molar-refractivity contribution in [2.45, 2.75) is 19.0 Å². The second-order valence-electron chi connectivity index (χ2n) is 7.06. The molecule has 0 aliphatic rings. The lowest BCUT2D eigenvalue weighted by atomic mass is 10.1. The Morgan fingerprint density at radius 2 is 2.04 bits per heavy atom. The molecule has 0 radical (unpaired) electrons. The highest BCUT2D eigenvalue weighted by Crippen LogP contribution is 2.13. The summed E-state index contributed by atoms with van der Waals surface area (Å²) < 4.78 is 2.97. The quantitative estimate of drug-likeness (QED) is 0.533. The molecule has 3 rings (SSSR count). The molecule has 0 fully saturated rings. The highest BCUT2D eigenvalue weighted by atomic mass is 79.9. The van der Waals surface area contributed by atoms with E-state index in [0.29, 0.717) is 19.5 Å². The van der Waals surface area contributed by atoms with Crippen LogP contribution in [0.3, 0.4) is 0 Å². The van der Waals surface area contributed by atoms with Crippen LogP contribution in [0.1, 0.15) is 11.3 Å². The molecule has 3 aromatic rings. The molecule has 1 atom stereocenters. The summed E-state index contributed by atoms with van der Waals surface area (Å²) in [5.74, 6) is 0.0113. The Morgan fingerprint density at radius 3 is 2.79 bits per heavy atom. The van der Waals surface area contributed by atoms with Crippen LogP contribution >= 0.6 is 15.9 Å². The number of hydrogen-bond donors (Lipinski definition) is 2. The minimum atomic E-state index is -0.318. The average molecular weight is 444 g/mol. The standard InChI is InChI=1S/C21H26BrN5O/c1-26(2)11-9-23-21(28)19(12-16-6-4-3-5-7-16)24-14-18-15-27-10-8-17(22)13-20(27)25-18/h3-8,10,13,15,19,24H,9,11-12,14H2,1-2H3,(H,23,28)/t19-/m0/s1. The Balaban J connectivity index is 1.67. The molecule has 2 aromatic heterocycles. The van der Waals surface area contributed by atoms with Gasteiger partial charge in [0.15, 0.2) is 0 Å². The van der Waals surface area contributed by atoms with Crippen LogP contribution in [0.5, 0.6) is 0 Å². The van der Waals surface area contributed by atoms with E-state index >= 15 is 0 Å². The van der Waals surface area contributed by atoms with Gasteiger partial charge in [0.25, 0.3) is 0 Å². The molecule has 2 N–H and O–H groups in total. The van der Waals surface area contributed by atoms with Crippen molar-refractivity contribution in [1.82, 2.24) is 24.9 Å². The summed E-state index contributed by atoms with van der Waals surface area (Å²) in [4.78, 5) is 19.4. The van der Waals surface area contributed by atoms with Gasteiger partial charge in [-0.3, -0.25) is 10.1 Å². The minimum absolute atomic E-state index is 0.0113. The number of hydrogen-bond acceptors (Lipinski definition) is 4. The summed E-state index contributed by atoms with van der Waals surface area (Å²) in [7, 11) is 3.99. The van der Waals surface area contributed by atoms with E-state index in [1.54, 1.807) is 0 Å². The maximum Gasteiger partial charge on any atom is 0.237 e. The van der Waals surface area contributed by atoms with E-state index in [9.17, 15) is 4.79 Å². The van der Waals surface area contributed by atoms with Gasteiger partial charge < -0.3 is 14.6 Å². The molecule has 1 aromatic carbocycles. The van der Waals surface area contributed by atoms with Crippen molar-refractivity contribution in [3.63, 3.8) is 0 Å². The third kappa shape index (κ3) is 5.89. The molecule has 0 aliphatic carbocycles. The van der Waals surface area contributed by atoms with Gasteiger partial charge in [-0.2, -0.15) is 0 Å². The number of nitrogens with zero attached hydrogens (tertiary/aromatic N) is 3. The number of halogens is 1. The number of amides is 1. The number of benzene rings is 1. The van der Waals surface area contributed by atoms with Gasteiger partial charge in [0.2, 0.25) is 5.91 Å². The van der Waals surface area contributed by atoms with Gasteiger partial charge in [-0.15, -0.1) is 0 Å². The first-order chi connectivity index (χ1) is 13.5. The van der Waals surface area contributed by atoms with Crippen LogP contribution in [0.15, 0.2) is 59.3 Å². The van der Waals surface area contributed by atoms with Crippen LogP contribution in [0.2, 0.25) is 0 Å². The zero-order chi connectivity index (χ0) is 19.9. The van der Waals surface area contributed by atoms with Crippen molar-refractivity contribution >= 4 is 27.5 Å². The third-order valence-corrected chi connectivity index (χ3v) is 4.95. The van der Waals surface area contributed by atoms with Crippen LogP contribution in [-0.2, 0) is 17.8 Å². The molecule has 7 heteroatoms. The number of pyridine rings is 1. The van der Waals surface area contributed by atoms with E-state index in [4.69, 9.17) is 0 Å². The lowest BCUT2D eigenvalue weighted by Gasteiger charge is -2.19. The first kappa shape index (κ1) is 20.5. The van der Waals surface area contributed by atoms with Crippen molar-refractivity contribution in [2.75, 3.05) is 27.2 Å². The molecule has 28 heavy (non-hydrogen) atoms. The Kier molecular flexibility index (Phi) is 7.19. The lowest BCUT2D eigenvalue weighted by Crippen LogP contribution is -2.46. The van der Waals surface area contributed by atoms with E-state index in [1.807, 2.05) is 73.4 Å². The van der Waals surface area contributed by atoms with Gasteiger partial charge in [-0.25, -0.2) is 4.98 Å². The molecule has 0 saturated heterocycles. The number of carbonyl (C=O) groups is 1.